The maximum atomic E-state index is 4.98. The third kappa shape index (κ3) is 5.80. The molecule has 4 nitrogen and oxygen atoms in total. The normalized spacial score (nSPS) is 12.7. The summed E-state index contributed by atoms with van der Waals surface area (Å²) in [5, 5.41) is 2.64. The Bertz CT molecular complexity index is 2840. The molecule has 0 amide bonds. The molecule has 260 valence electrons. The number of benzene rings is 7. The Hall–Kier alpha value is -7.04. The van der Waals surface area contributed by atoms with E-state index in [1.54, 1.807) is 6.20 Å². The van der Waals surface area contributed by atoms with E-state index in [-0.39, 0.29) is 5.41 Å². The lowest BCUT2D eigenvalue weighted by atomic mass is 9.79. The Morgan fingerprint density at radius 1 is 0.382 bits per heavy atom. The Morgan fingerprint density at radius 2 is 0.855 bits per heavy atom. The molecular formula is C51H36N4. The van der Waals surface area contributed by atoms with Gasteiger partial charge in [-0.25, -0.2) is 15.0 Å². The zero-order valence-electron chi connectivity index (χ0n) is 30.6. The van der Waals surface area contributed by atoms with Crippen molar-refractivity contribution in [2.24, 2.45) is 0 Å². The highest BCUT2D eigenvalue weighted by Crippen LogP contribution is 2.52. The van der Waals surface area contributed by atoms with Crippen LogP contribution < -0.4 is 0 Å². The molecule has 0 spiro atoms. The van der Waals surface area contributed by atoms with E-state index in [2.05, 4.69) is 152 Å². The molecule has 0 aliphatic heterocycles. The zero-order chi connectivity index (χ0) is 36.9. The molecule has 0 N–H and O–H groups in total. The SMILES string of the molecule is CC1(C)c2cc(-c3ccc(-c4ccc(-c5nc(-c6ccccc6)nc(-c6ccc(-c7cccnc7)cc6)n5)cc4)cc3)ccc2-c2ccc3ccccc3c21. The molecule has 1 aliphatic rings. The number of aromatic nitrogens is 4. The van der Waals surface area contributed by atoms with Crippen LogP contribution in [0.3, 0.4) is 0 Å². The van der Waals surface area contributed by atoms with Gasteiger partial charge in [-0.1, -0.05) is 172 Å². The standard InChI is InChI=1S/C51H36N4/c1-51(2)46-31-41(27-28-44(46)45-29-26-37-9-6-7-13-43(37)47(45)51)35-16-14-33(15-17-35)34-18-22-39(23-19-34)49-53-48(38-10-4-3-5-11-38)54-50(55-49)40-24-20-36(21-25-40)42-12-8-30-52-32-42/h3-32H,1-2H3. The van der Waals surface area contributed by atoms with Crippen molar-refractivity contribution in [1.82, 2.24) is 19.9 Å². The first-order valence-electron chi connectivity index (χ1n) is 18.7. The monoisotopic (exact) mass is 704 g/mol. The Kier molecular flexibility index (Phi) is 7.77. The van der Waals surface area contributed by atoms with Crippen LogP contribution in [0.2, 0.25) is 0 Å². The van der Waals surface area contributed by atoms with Crippen molar-refractivity contribution in [3.05, 3.63) is 193 Å². The summed E-state index contributed by atoms with van der Waals surface area (Å²) in [6.45, 7) is 4.73. The van der Waals surface area contributed by atoms with Crippen LogP contribution in [0.4, 0.5) is 0 Å². The second-order valence-corrected chi connectivity index (χ2v) is 14.7. The van der Waals surface area contributed by atoms with Crippen LogP contribution in [-0.2, 0) is 5.41 Å². The van der Waals surface area contributed by atoms with Crippen LogP contribution in [0.15, 0.2) is 182 Å². The molecule has 9 aromatic rings. The summed E-state index contributed by atoms with van der Waals surface area (Å²) in [6.07, 6.45) is 3.66. The van der Waals surface area contributed by atoms with Crippen molar-refractivity contribution >= 4 is 10.8 Å². The van der Waals surface area contributed by atoms with Gasteiger partial charge in [0.25, 0.3) is 0 Å². The lowest BCUT2D eigenvalue weighted by Crippen LogP contribution is -2.15. The lowest BCUT2D eigenvalue weighted by molar-refractivity contribution is 0.666. The summed E-state index contributed by atoms with van der Waals surface area (Å²) >= 11 is 0. The molecule has 0 bridgehead atoms. The van der Waals surface area contributed by atoms with Crippen LogP contribution >= 0.6 is 0 Å². The number of hydrogen-bond donors (Lipinski definition) is 0. The van der Waals surface area contributed by atoms with Crippen LogP contribution in [0.1, 0.15) is 25.0 Å². The fourth-order valence-corrected chi connectivity index (χ4v) is 8.14. The summed E-state index contributed by atoms with van der Waals surface area (Å²) < 4.78 is 0. The first kappa shape index (κ1) is 32.6. The van der Waals surface area contributed by atoms with Gasteiger partial charge < -0.3 is 0 Å². The highest BCUT2D eigenvalue weighted by molar-refractivity contribution is 5.98. The Morgan fingerprint density at radius 3 is 1.45 bits per heavy atom. The highest BCUT2D eigenvalue weighted by Gasteiger charge is 2.37. The van der Waals surface area contributed by atoms with Gasteiger partial charge in [0, 0.05) is 34.5 Å². The van der Waals surface area contributed by atoms with Crippen molar-refractivity contribution in [3.8, 4) is 78.7 Å². The molecule has 7 aromatic carbocycles. The Balaban J connectivity index is 0.938. The molecule has 4 heteroatoms. The maximum absolute atomic E-state index is 4.98. The summed E-state index contributed by atoms with van der Waals surface area (Å²) in [7, 11) is 0. The summed E-state index contributed by atoms with van der Waals surface area (Å²) in [6, 6.07) is 60.1. The minimum absolute atomic E-state index is 0.0880. The van der Waals surface area contributed by atoms with Crippen molar-refractivity contribution in [1.29, 1.82) is 0 Å². The second-order valence-electron chi connectivity index (χ2n) is 14.7. The average molecular weight is 705 g/mol. The number of fused-ring (bicyclic) bond motifs is 5. The minimum Gasteiger partial charge on any atom is -0.264 e. The van der Waals surface area contributed by atoms with E-state index in [0.29, 0.717) is 17.5 Å². The van der Waals surface area contributed by atoms with Crippen molar-refractivity contribution < 1.29 is 0 Å². The van der Waals surface area contributed by atoms with Gasteiger partial charge in [0.05, 0.1) is 0 Å². The quantitative estimate of drug-likeness (QED) is 0.173. The van der Waals surface area contributed by atoms with Crippen LogP contribution in [0.5, 0.6) is 0 Å². The second kappa shape index (κ2) is 13.1. The van der Waals surface area contributed by atoms with E-state index >= 15 is 0 Å². The number of hydrogen-bond acceptors (Lipinski definition) is 4. The summed E-state index contributed by atoms with van der Waals surface area (Å²) in [4.78, 5) is 19.1. The highest BCUT2D eigenvalue weighted by atomic mass is 15.0. The predicted octanol–water partition coefficient (Wildman–Crippen LogP) is 12.7. The number of nitrogens with zero attached hydrogens (tertiary/aromatic N) is 4. The van der Waals surface area contributed by atoms with Crippen molar-refractivity contribution in [2.45, 2.75) is 19.3 Å². The molecular weight excluding hydrogens is 669 g/mol. The van der Waals surface area contributed by atoms with Gasteiger partial charge in [-0.15, -0.1) is 0 Å². The smallest absolute Gasteiger partial charge is 0.164 e. The molecule has 0 saturated heterocycles. The molecule has 2 aromatic heterocycles. The number of pyridine rings is 1. The van der Waals surface area contributed by atoms with Crippen LogP contribution in [0.25, 0.3) is 89.4 Å². The van der Waals surface area contributed by atoms with E-state index in [1.165, 1.54) is 44.2 Å². The minimum atomic E-state index is -0.0880. The third-order valence-corrected chi connectivity index (χ3v) is 11.0. The molecule has 1 aliphatic carbocycles. The van der Waals surface area contributed by atoms with Gasteiger partial charge in [-0.3, -0.25) is 4.98 Å². The largest absolute Gasteiger partial charge is 0.264 e. The molecule has 0 atom stereocenters. The van der Waals surface area contributed by atoms with Gasteiger partial charge in [-0.2, -0.15) is 0 Å². The van der Waals surface area contributed by atoms with Gasteiger partial charge in [-0.05, 0) is 78.5 Å². The molecule has 0 unspecified atom stereocenters. The van der Waals surface area contributed by atoms with E-state index in [1.807, 2.05) is 42.6 Å². The average Bonchev–Trinajstić information content (AvgIpc) is 3.50. The van der Waals surface area contributed by atoms with Crippen molar-refractivity contribution in [2.75, 3.05) is 0 Å². The van der Waals surface area contributed by atoms with E-state index in [4.69, 9.17) is 15.0 Å². The van der Waals surface area contributed by atoms with Gasteiger partial charge in [0.1, 0.15) is 0 Å². The lowest BCUT2D eigenvalue weighted by Gasteiger charge is -2.23. The molecule has 10 rings (SSSR count). The molecule has 0 fully saturated rings. The summed E-state index contributed by atoms with van der Waals surface area (Å²) in [5.74, 6) is 1.91. The summed E-state index contributed by atoms with van der Waals surface area (Å²) in [5.41, 5.74) is 15.1. The number of rotatable bonds is 6. The van der Waals surface area contributed by atoms with Crippen LogP contribution in [0, 0.1) is 0 Å². The van der Waals surface area contributed by atoms with Gasteiger partial charge in [0.15, 0.2) is 17.5 Å². The predicted molar refractivity (Wildman–Crippen MR) is 225 cm³/mol. The topological polar surface area (TPSA) is 51.6 Å². The van der Waals surface area contributed by atoms with Crippen LogP contribution in [-0.4, -0.2) is 19.9 Å². The van der Waals surface area contributed by atoms with E-state index in [9.17, 15) is 0 Å². The molecule has 0 saturated carbocycles. The van der Waals surface area contributed by atoms with Gasteiger partial charge >= 0.3 is 0 Å². The first-order valence-corrected chi connectivity index (χ1v) is 18.7. The Labute approximate surface area is 320 Å². The van der Waals surface area contributed by atoms with Gasteiger partial charge in [0.2, 0.25) is 0 Å². The van der Waals surface area contributed by atoms with E-state index in [0.717, 1.165) is 38.9 Å². The third-order valence-electron chi connectivity index (χ3n) is 11.0. The fraction of sp³-hybridized carbons (Fsp3) is 0.0588. The molecule has 0 radical (unpaired) electrons. The molecule has 2 heterocycles. The molecule has 55 heavy (non-hydrogen) atoms. The first-order chi connectivity index (χ1) is 27.0. The maximum Gasteiger partial charge on any atom is 0.164 e. The van der Waals surface area contributed by atoms with E-state index < -0.39 is 0 Å². The zero-order valence-corrected chi connectivity index (χ0v) is 30.6. The van der Waals surface area contributed by atoms with Crippen molar-refractivity contribution in [3.63, 3.8) is 0 Å². The fourth-order valence-electron chi connectivity index (χ4n) is 8.14.